The smallest absolute Gasteiger partial charge is 0.338 e. The SMILES string of the molecule is CCCC1=C(C(=O)OCC)[C@H](c2ccc(O)c(OCC)c2)n2nc(C)nc2N1. The van der Waals surface area contributed by atoms with Crippen LogP contribution < -0.4 is 10.1 Å². The van der Waals surface area contributed by atoms with Gasteiger partial charge in [0.15, 0.2) is 11.5 Å². The number of aryl methyl sites for hydroxylation is 1. The number of aromatic hydroxyl groups is 1. The molecule has 1 aliphatic rings. The number of anilines is 1. The topological polar surface area (TPSA) is 98.5 Å². The van der Waals surface area contributed by atoms with Crippen molar-refractivity contribution in [2.24, 2.45) is 0 Å². The largest absolute Gasteiger partial charge is 0.504 e. The van der Waals surface area contributed by atoms with Crippen LogP contribution in [-0.4, -0.2) is 39.1 Å². The molecule has 8 nitrogen and oxygen atoms in total. The molecule has 0 saturated heterocycles. The lowest BCUT2D eigenvalue weighted by Crippen LogP contribution is -2.30. The average molecular weight is 386 g/mol. The van der Waals surface area contributed by atoms with E-state index in [1.165, 1.54) is 0 Å². The van der Waals surface area contributed by atoms with E-state index in [0.717, 1.165) is 17.7 Å². The van der Waals surface area contributed by atoms with Gasteiger partial charge in [-0.2, -0.15) is 10.1 Å². The van der Waals surface area contributed by atoms with Crippen molar-refractivity contribution in [1.29, 1.82) is 0 Å². The van der Waals surface area contributed by atoms with Crippen molar-refractivity contribution >= 4 is 11.9 Å². The van der Waals surface area contributed by atoms with Gasteiger partial charge in [0, 0.05) is 5.70 Å². The Kier molecular flexibility index (Phi) is 5.87. The number of carbonyl (C=O) groups is 1. The molecule has 0 bridgehead atoms. The van der Waals surface area contributed by atoms with Crippen LogP contribution in [0.5, 0.6) is 11.5 Å². The Morgan fingerprint density at radius 3 is 2.75 bits per heavy atom. The van der Waals surface area contributed by atoms with Gasteiger partial charge in [0.1, 0.15) is 11.9 Å². The number of fused-ring (bicyclic) bond motifs is 1. The summed E-state index contributed by atoms with van der Waals surface area (Å²) in [5.41, 5.74) is 2.02. The second-order valence-corrected chi connectivity index (χ2v) is 6.48. The van der Waals surface area contributed by atoms with Crippen molar-refractivity contribution in [3.8, 4) is 11.5 Å². The molecule has 1 atom stereocenters. The fourth-order valence-corrected chi connectivity index (χ4v) is 3.36. The zero-order valence-corrected chi connectivity index (χ0v) is 16.7. The molecule has 2 heterocycles. The van der Waals surface area contributed by atoms with Crippen LogP contribution in [0.1, 0.15) is 51.0 Å². The Morgan fingerprint density at radius 1 is 1.29 bits per heavy atom. The minimum atomic E-state index is -0.530. The van der Waals surface area contributed by atoms with Gasteiger partial charge < -0.3 is 19.9 Å². The van der Waals surface area contributed by atoms with Gasteiger partial charge in [-0.1, -0.05) is 19.4 Å². The van der Waals surface area contributed by atoms with Crippen molar-refractivity contribution in [2.45, 2.75) is 46.6 Å². The first-order valence-corrected chi connectivity index (χ1v) is 9.56. The van der Waals surface area contributed by atoms with Gasteiger partial charge in [-0.3, -0.25) is 0 Å². The van der Waals surface area contributed by atoms with Crippen LogP contribution in [0.15, 0.2) is 29.5 Å². The van der Waals surface area contributed by atoms with Gasteiger partial charge in [0.2, 0.25) is 5.95 Å². The maximum absolute atomic E-state index is 12.9. The van der Waals surface area contributed by atoms with E-state index in [0.29, 0.717) is 36.1 Å². The molecule has 0 spiro atoms. The van der Waals surface area contributed by atoms with Crippen LogP contribution in [0, 0.1) is 6.92 Å². The maximum atomic E-state index is 12.9. The molecule has 2 N–H and O–H groups in total. The molecule has 1 aromatic heterocycles. The standard InChI is InChI=1S/C20H26N4O4/c1-5-8-14-17(19(26)28-7-3)18(24-20(22-14)21-12(4)23-24)13-9-10-15(25)16(11-13)27-6-2/h9-11,18,25H,5-8H2,1-4H3,(H,21,22,23)/t18-/m0/s1. The molecular weight excluding hydrogens is 360 g/mol. The third-order valence-corrected chi connectivity index (χ3v) is 4.44. The fraction of sp³-hybridized carbons (Fsp3) is 0.450. The molecule has 0 saturated carbocycles. The minimum Gasteiger partial charge on any atom is -0.504 e. The zero-order chi connectivity index (χ0) is 20.3. The van der Waals surface area contributed by atoms with E-state index in [-0.39, 0.29) is 12.4 Å². The van der Waals surface area contributed by atoms with Crippen molar-refractivity contribution in [1.82, 2.24) is 14.8 Å². The third-order valence-electron chi connectivity index (χ3n) is 4.44. The molecule has 150 valence electrons. The first kappa shape index (κ1) is 19.7. The Morgan fingerprint density at radius 2 is 2.07 bits per heavy atom. The third kappa shape index (κ3) is 3.67. The molecule has 28 heavy (non-hydrogen) atoms. The second kappa shape index (κ2) is 8.33. The summed E-state index contributed by atoms with van der Waals surface area (Å²) >= 11 is 0. The van der Waals surface area contributed by atoms with E-state index in [1.54, 1.807) is 36.7 Å². The van der Waals surface area contributed by atoms with Crippen LogP contribution in [0.3, 0.4) is 0 Å². The van der Waals surface area contributed by atoms with Crippen LogP contribution in [0.4, 0.5) is 5.95 Å². The number of esters is 1. The average Bonchev–Trinajstić information content (AvgIpc) is 3.03. The van der Waals surface area contributed by atoms with Gasteiger partial charge in [0.05, 0.1) is 18.8 Å². The second-order valence-electron chi connectivity index (χ2n) is 6.48. The summed E-state index contributed by atoms with van der Waals surface area (Å²) in [7, 11) is 0. The molecule has 1 aromatic carbocycles. The summed E-state index contributed by atoms with van der Waals surface area (Å²) in [6, 6.07) is 4.53. The number of allylic oxidation sites excluding steroid dienone is 1. The van der Waals surface area contributed by atoms with E-state index >= 15 is 0 Å². The summed E-state index contributed by atoms with van der Waals surface area (Å²) < 4.78 is 12.6. The Hall–Kier alpha value is -3.03. The molecule has 0 aliphatic carbocycles. The number of phenolic OH excluding ortho intramolecular Hbond substituents is 1. The van der Waals surface area contributed by atoms with Crippen LogP contribution >= 0.6 is 0 Å². The first-order valence-electron chi connectivity index (χ1n) is 9.56. The molecule has 3 rings (SSSR count). The van der Waals surface area contributed by atoms with Gasteiger partial charge in [-0.15, -0.1) is 0 Å². The highest BCUT2D eigenvalue weighted by atomic mass is 16.5. The summed E-state index contributed by atoms with van der Waals surface area (Å²) in [5, 5.41) is 17.8. The normalized spacial score (nSPS) is 15.8. The van der Waals surface area contributed by atoms with Crippen molar-refractivity contribution in [3.05, 3.63) is 40.9 Å². The van der Waals surface area contributed by atoms with E-state index in [4.69, 9.17) is 9.47 Å². The van der Waals surface area contributed by atoms with E-state index in [1.807, 2.05) is 13.8 Å². The Labute approximate surface area is 164 Å². The van der Waals surface area contributed by atoms with Crippen molar-refractivity contribution in [2.75, 3.05) is 18.5 Å². The molecule has 2 aromatic rings. The fourth-order valence-electron chi connectivity index (χ4n) is 3.36. The van der Waals surface area contributed by atoms with Gasteiger partial charge >= 0.3 is 5.97 Å². The van der Waals surface area contributed by atoms with Crippen molar-refractivity contribution in [3.63, 3.8) is 0 Å². The quantitative estimate of drug-likeness (QED) is 0.704. The highest BCUT2D eigenvalue weighted by Gasteiger charge is 2.36. The summed E-state index contributed by atoms with van der Waals surface area (Å²) in [6.45, 7) is 8.16. The number of nitrogens with zero attached hydrogens (tertiary/aromatic N) is 3. The highest BCUT2D eigenvalue weighted by molar-refractivity contribution is 5.92. The summed E-state index contributed by atoms with van der Waals surface area (Å²) in [5.74, 6) is 1.18. The number of nitrogens with one attached hydrogen (secondary N) is 1. The number of phenols is 1. The van der Waals surface area contributed by atoms with Crippen molar-refractivity contribution < 1.29 is 19.4 Å². The van der Waals surface area contributed by atoms with Crippen LogP contribution in [0.2, 0.25) is 0 Å². The number of hydrogen-bond donors (Lipinski definition) is 2. The number of carbonyl (C=O) groups excluding carboxylic acids is 1. The van der Waals surface area contributed by atoms with Crippen LogP contribution in [0.25, 0.3) is 0 Å². The van der Waals surface area contributed by atoms with Gasteiger partial charge in [-0.05, 0) is 44.9 Å². The number of hydrogen-bond acceptors (Lipinski definition) is 7. The number of ether oxygens (including phenoxy) is 2. The molecular formula is C20H26N4O4. The van der Waals surface area contributed by atoms with E-state index in [2.05, 4.69) is 15.4 Å². The molecule has 0 unspecified atom stereocenters. The van der Waals surface area contributed by atoms with Gasteiger partial charge in [0.25, 0.3) is 0 Å². The van der Waals surface area contributed by atoms with E-state index in [9.17, 15) is 9.90 Å². The monoisotopic (exact) mass is 386 g/mol. The summed E-state index contributed by atoms with van der Waals surface area (Å²) in [4.78, 5) is 17.3. The molecule has 0 radical (unpaired) electrons. The van der Waals surface area contributed by atoms with Gasteiger partial charge in [-0.25, -0.2) is 9.48 Å². The first-order chi connectivity index (χ1) is 13.5. The molecule has 1 aliphatic heterocycles. The Balaban J connectivity index is 2.20. The zero-order valence-electron chi connectivity index (χ0n) is 16.7. The lowest BCUT2D eigenvalue weighted by molar-refractivity contribution is -0.139. The molecule has 0 amide bonds. The number of benzene rings is 1. The molecule has 0 fully saturated rings. The number of rotatable bonds is 7. The highest BCUT2D eigenvalue weighted by Crippen LogP contribution is 2.39. The summed E-state index contributed by atoms with van der Waals surface area (Å²) in [6.07, 6.45) is 1.53. The predicted octanol–water partition coefficient (Wildman–Crippen LogP) is 3.32. The predicted molar refractivity (Wildman–Crippen MR) is 104 cm³/mol. The Bertz CT molecular complexity index is 904. The number of aromatic nitrogens is 3. The lowest BCUT2D eigenvalue weighted by Gasteiger charge is -2.29. The molecule has 8 heteroatoms. The van der Waals surface area contributed by atoms with Crippen LogP contribution in [-0.2, 0) is 9.53 Å². The minimum absolute atomic E-state index is 0.0463. The lowest BCUT2D eigenvalue weighted by atomic mass is 9.93. The maximum Gasteiger partial charge on any atom is 0.338 e. The van der Waals surface area contributed by atoms with E-state index < -0.39 is 12.0 Å².